The number of likely N-dealkylation sites (N-methyl/N-ethyl adjacent to an activating group) is 1. The number of sulfonamides is 1. The fourth-order valence-corrected chi connectivity index (χ4v) is 6.90. The van der Waals surface area contributed by atoms with E-state index in [4.69, 9.17) is 0 Å². The van der Waals surface area contributed by atoms with Crippen molar-refractivity contribution in [3.05, 3.63) is 54.1 Å². The molecule has 2 heterocycles. The summed E-state index contributed by atoms with van der Waals surface area (Å²) < 4.78 is 29.8. The zero-order chi connectivity index (χ0) is 25.3. The van der Waals surface area contributed by atoms with Gasteiger partial charge in [-0.3, -0.25) is 10.1 Å². The number of para-hydroxylation sites is 2. The summed E-state index contributed by atoms with van der Waals surface area (Å²) >= 11 is 0. The van der Waals surface area contributed by atoms with Gasteiger partial charge in [-0.25, -0.2) is 13.4 Å². The molecular formula is C27H35N5O3S. The van der Waals surface area contributed by atoms with Gasteiger partial charge in [-0.15, -0.1) is 0 Å². The van der Waals surface area contributed by atoms with E-state index in [2.05, 4.69) is 15.2 Å². The lowest BCUT2D eigenvalue weighted by Crippen LogP contribution is -2.47. The molecule has 0 radical (unpaired) electrons. The largest absolute Gasteiger partial charge is 0.313 e. The second-order valence-electron chi connectivity index (χ2n) is 10.2. The third kappa shape index (κ3) is 5.05. The molecule has 5 rings (SSSR count). The van der Waals surface area contributed by atoms with Gasteiger partial charge >= 0.3 is 0 Å². The third-order valence-electron chi connectivity index (χ3n) is 7.76. The quantitative estimate of drug-likeness (QED) is 0.523. The molecule has 1 amide bonds. The van der Waals surface area contributed by atoms with E-state index in [0.717, 1.165) is 48.9 Å². The van der Waals surface area contributed by atoms with Gasteiger partial charge in [0.15, 0.2) is 0 Å². The molecule has 2 fully saturated rings. The van der Waals surface area contributed by atoms with E-state index in [-0.39, 0.29) is 16.7 Å². The van der Waals surface area contributed by atoms with E-state index >= 15 is 0 Å². The minimum Gasteiger partial charge on any atom is -0.313 e. The summed E-state index contributed by atoms with van der Waals surface area (Å²) in [7, 11) is 0.353. The molecule has 3 aromatic rings. The molecule has 1 aromatic heterocycles. The van der Waals surface area contributed by atoms with Gasteiger partial charge < -0.3 is 9.47 Å². The average molecular weight is 510 g/mol. The van der Waals surface area contributed by atoms with Crippen molar-refractivity contribution in [1.29, 1.82) is 0 Å². The second-order valence-corrected chi connectivity index (χ2v) is 12.1. The summed E-state index contributed by atoms with van der Waals surface area (Å²) in [6.45, 7) is 2.43. The number of amides is 1. The molecule has 2 aliphatic rings. The van der Waals surface area contributed by atoms with Crippen LogP contribution < -0.4 is 5.32 Å². The Kier molecular flexibility index (Phi) is 7.14. The lowest BCUT2D eigenvalue weighted by molar-refractivity contribution is -0.118. The predicted molar refractivity (Wildman–Crippen MR) is 141 cm³/mol. The van der Waals surface area contributed by atoms with Crippen molar-refractivity contribution in [2.24, 2.45) is 13.0 Å². The highest BCUT2D eigenvalue weighted by atomic mass is 32.2. The number of piperazine rings is 1. The Hall–Kier alpha value is -2.75. The molecule has 1 saturated heterocycles. The van der Waals surface area contributed by atoms with Crippen LogP contribution in [0.4, 0.5) is 5.95 Å². The third-order valence-corrected chi connectivity index (χ3v) is 9.68. The number of anilines is 1. The van der Waals surface area contributed by atoms with Crippen molar-refractivity contribution in [1.82, 2.24) is 18.8 Å². The number of nitrogens with zero attached hydrogens (tertiary/aromatic N) is 4. The summed E-state index contributed by atoms with van der Waals surface area (Å²) in [5.41, 5.74) is 2.63. The fraction of sp³-hybridized carbons (Fsp3) is 0.481. The number of aromatic nitrogens is 2. The van der Waals surface area contributed by atoms with Crippen molar-refractivity contribution >= 4 is 32.9 Å². The van der Waals surface area contributed by atoms with Crippen molar-refractivity contribution in [3.8, 4) is 0 Å². The number of hydrogen-bond acceptors (Lipinski definition) is 5. The molecule has 1 aliphatic heterocycles. The highest BCUT2D eigenvalue weighted by Crippen LogP contribution is 2.35. The summed E-state index contributed by atoms with van der Waals surface area (Å²) in [4.78, 5) is 20.6. The van der Waals surface area contributed by atoms with E-state index in [1.54, 1.807) is 16.4 Å². The molecule has 0 spiro atoms. The topological polar surface area (TPSA) is 87.5 Å². The van der Waals surface area contributed by atoms with Crippen LogP contribution in [0.2, 0.25) is 0 Å². The summed E-state index contributed by atoms with van der Waals surface area (Å²) in [6.07, 6.45) is 5.41. The molecular weight excluding hydrogens is 474 g/mol. The maximum Gasteiger partial charge on any atom is 0.243 e. The molecule has 9 heteroatoms. The molecule has 1 aliphatic carbocycles. The second kappa shape index (κ2) is 10.3. The van der Waals surface area contributed by atoms with Crippen molar-refractivity contribution < 1.29 is 13.2 Å². The number of aryl methyl sites for hydroxylation is 1. The maximum atomic E-state index is 13.6. The van der Waals surface area contributed by atoms with Gasteiger partial charge in [-0.2, -0.15) is 4.31 Å². The van der Waals surface area contributed by atoms with Crippen LogP contribution in [0.3, 0.4) is 0 Å². The van der Waals surface area contributed by atoms with Gasteiger partial charge in [0, 0.05) is 33.2 Å². The van der Waals surface area contributed by atoms with E-state index < -0.39 is 10.0 Å². The van der Waals surface area contributed by atoms with E-state index in [0.29, 0.717) is 25.0 Å². The number of imidazole rings is 1. The van der Waals surface area contributed by atoms with Gasteiger partial charge in [0.2, 0.25) is 21.9 Å². The van der Waals surface area contributed by atoms with Crippen LogP contribution in [0.1, 0.15) is 43.6 Å². The first-order valence-corrected chi connectivity index (χ1v) is 14.3. The summed E-state index contributed by atoms with van der Waals surface area (Å²) in [5.74, 6) is 0.546. The lowest BCUT2D eigenvalue weighted by Gasteiger charge is -2.31. The molecule has 192 valence electrons. The van der Waals surface area contributed by atoms with Crippen LogP contribution in [-0.2, 0) is 21.9 Å². The van der Waals surface area contributed by atoms with Gasteiger partial charge in [0.05, 0.1) is 21.8 Å². The Morgan fingerprint density at radius 2 is 1.67 bits per heavy atom. The fourth-order valence-electron chi connectivity index (χ4n) is 5.48. The Morgan fingerprint density at radius 3 is 2.33 bits per heavy atom. The summed E-state index contributed by atoms with van der Waals surface area (Å²) in [6, 6.07) is 14.8. The highest BCUT2D eigenvalue weighted by molar-refractivity contribution is 7.89. The van der Waals surface area contributed by atoms with E-state index in [1.807, 2.05) is 55.1 Å². The molecule has 0 bridgehead atoms. The first-order chi connectivity index (χ1) is 17.3. The normalized spacial score (nSPS) is 19.1. The van der Waals surface area contributed by atoms with Gasteiger partial charge in [0.25, 0.3) is 0 Å². The molecule has 2 aromatic carbocycles. The Labute approximate surface area is 213 Å². The Balaban J connectivity index is 1.38. The molecule has 1 atom stereocenters. The smallest absolute Gasteiger partial charge is 0.243 e. The van der Waals surface area contributed by atoms with E-state index in [1.165, 1.54) is 12.8 Å². The van der Waals surface area contributed by atoms with Crippen molar-refractivity contribution in [3.63, 3.8) is 0 Å². The number of hydrogen-bond donors (Lipinski definition) is 1. The van der Waals surface area contributed by atoms with Crippen LogP contribution in [0.15, 0.2) is 53.4 Å². The number of nitrogens with one attached hydrogen (secondary N) is 1. The molecule has 8 nitrogen and oxygen atoms in total. The summed E-state index contributed by atoms with van der Waals surface area (Å²) in [5, 5.41) is 3.05. The minimum atomic E-state index is -3.55. The first kappa shape index (κ1) is 24.9. The number of benzene rings is 2. The zero-order valence-electron chi connectivity index (χ0n) is 21.1. The minimum absolute atomic E-state index is 0.102. The van der Waals surface area contributed by atoms with Gasteiger partial charge in [-0.1, -0.05) is 49.9 Å². The maximum absolute atomic E-state index is 13.6. The molecule has 0 unspecified atom stereocenters. The average Bonchev–Trinajstić information content (AvgIpc) is 3.51. The van der Waals surface area contributed by atoms with Crippen molar-refractivity contribution in [2.75, 3.05) is 38.5 Å². The van der Waals surface area contributed by atoms with Crippen LogP contribution in [0, 0.1) is 5.92 Å². The standard InChI is InChI=1S/C27H35N5O3S/c1-30-15-17-32(18-16-30)36(34,35)22-13-11-21(12-14-22)23(19-20-7-3-4-8-20)26(33)29-27-28-24-9-5-6-10-25(24)31(27)2/h5-6,9-14,20,23H,3-4,7-8,15-19H2,1-2H3,(H,28,29,33)/t23-/m1/s1. The Bertz CT molecular complexity index is 1320. The zero-order valence-corrected chi connectivity index (χ0v) is 21.9. The van der Waals surface area contributed by atoms with Crippen LogP contribution in [-0.4, -0.2) is 66.3 Å². The number of fused-ring (bicyclic) bond motifs is 1. The number of carbonyl (C=O) groups excluding carboxylic acids is 1. The van der Waals surface area contributed by atoms with Crippen LogP contribution in [0.5, 0.6) is 0 Å². The van der Waals surface area contributed by atoms with Crippen molar-refractivity contribution in [2.45, 2.75) is 42.9 Å². The Morgan fingerprint density at radius 1 is 1.00 bits per heavy atom. The lowest BCUT2D eigenvalue weighted by atomic mass is 9.87. The van der Waals surface area contributed by atoms with Gasteiger partial charge in [0.1, 0.15) is 0 Å². The molecule has 36 heavy (non-hydrogen) atoms. The number of rotatable bonds is 7. The van der Waals surface area contributed by atoms with Crippen LogP contribution in [0.25, 0.3) is 11.0 Å². The monoisotopic (exact) mass is 509 g/mol. The molecule has 1 saturated carbocycles. The highest BCUT2D eigenvalue weighted by Gasteiger charge is 2.30. The number of carbonyl (C=O) groups is 1. The van der Waals surface area contributed by atoms with Gasteiger partial charge in [-0.05, 0) is 49.2 Å². The first-order valence-electron chi connectivity index (χ1n) is 12.8. The van der Waals surface area contributed by atoms with Crippen LogP contribution >= 0.6 is 0 Å². The SMILES string of the molecule is CN1CCN(S(=O)(=O)c2ccc([C@@H](CC3CCCC3)C(=O)Nc3nc4ccccc4n3C)cc2)CC1. The predicted octanol–water partition coefficient (Wildman–Crippen LogP) is 3.81. The van der Waals surface area contributed by atoms with E-state index in [9.17, 15) is 13.2 Å². The molecule has 1 N–H and O–H groups in total.